The van der Waals surface area contributed by atoms with E-state index in [0.717, 1.165) is 4.47 Å². The SMILES string of the molecule is C=CCO[C@H]1CCN2C(=O)c3cc(Br)ccc3NC(=O)[C@H]12. The number of nitrogens with zero attached hydrogens (tertiary/aromatic N) is 1. The minimum absolute atomic E-state index is 0.139. The molecule has 0 saturated carbocycles. The molecule has 2 atom stereocenters. The molecule has 1 aromatic rings. The van der Waals surface area contributed by atoms with Crippen molar-refractivity contribution in [1.29, 1.82) is 0 Å². The van der Waals surface area contributed by atoms with E-state index in [0.29, 0.717) is 30.8 Å². The van der Waals surface area contributed by atoms with Crippen molar-refractivity contribution < 1.29 is 14.3 Å². The number of anilines is 1. The predicted molar refractivity (Wildman–Crippen MR) is 82.2 cm³/mol. The average Bonchev–Trinajstić information content (AvgIpc) is 2.86. The first kappa shape index (κ1) is 14.3. The highest BCUT2D eigenvalue weighted by atomic mass is 79.9. The molecule has 0 bridgehead atoms. The summed E-state index contributed by atoms with van der Waals surface area (Å²) in [6.07, 6.45) is 2.01. The Morgan fingerprint density at radius 2 is 2.29 bits per heavy atom. The Morgan fingerprint density at radius 3 is 3.05 bits per heavy atom. The number of fused-ring (bicyclic) bond motifs is 2. The summed E-state index contributed by atoms with van der Waals surface area (Å²) in [5.41, 5.74) is 1.05. The zero-order valence-corrected chi connectivity index (χ0v) is 12.9. The Labute approximate surface area is 131 Å². The van der Waals surface area contributed by atoms with Crippen LogP contribution in [0, 0.1) is 0 Å². The van der Waals surface area contributed by atoms with Crippen LogP contribution in [-0.2, 0) is 9.53 Å². The molecule has 5 nitrogen and oxygen atoms in total. The van der Waals surface area contributed by atoms with Crippen LogP contribution in [0.4, 0.5) is 5.69 Å². The van der Waals surface area contributed by atoms with E-state index in [1.807, 2.05) is 0 Å². The van der Waals surface area contributed by atoms with Crippen molar-refractivity contribution in [1.82, 2.24) is 4.90 Å². The molecule has 0 spiro atoms. The van der Waals surface area contributed by atoms with Gasteiger partial charge in [-0.15, -0.1) is 6.58 Å². The fraction of sp³-hybridized carbons (Fsp3) is 0.333. The second-order valence-corrected chi connectivity index (χ2v) is 5.99. The van der Waals surface area contributed by atoms with Crippen LogP contribution in [0.5, 0.6) is 0 Å². The molecule has 2 heterocycles. The lowest BCUT2D eigenvalue weighted by Gasteiger charge is -2.24. The highest BCUT2D eigenvalue weighted by molar-refractivity contribution is 9.10. The summed E-state index contributed by atoms with van der Waals surface area (Å²) >= 11 is 3.36. The van der Waals surface area contributed by atoms with Crippen LogP contribution in [0.2, 0.25) is 0 Å². The smallest absolute Gasteiger partial charge is 0.256 e. The first-order valence-corrected chi connectivity index (χ1v) is 7.55. The van der Waals surface area contributed by atoms with E-state index in [1.165, 1.54) is 0 Å². The van der Waals surface area contributed by atoms with Crippen molar-refractivity contribution >= 4 is 33.4 Å². The molecular weight excluding hydrogens is 336 g/mol. The predicted octanol–water partition coefficient (Wildman–Crippen LogP) is 2.19. The second kappa shape index (κ2) is 5.61. The van der Waals surface area contributed by atoms with Gasteiger partial charge in [0.1, 0.15) is 6.04 Å². The van der Waals surface area contributed by atoms with Crippen LogP contribution in [0.3, 0.4) is 0 Å². The van der Waals surface area contributed by atoms with Crippen LogP contribution in [-0.4, -0.2) is 42.0 Å². The Morgan fingerprint density at radius 1 is 1.48 bits per heavy atom. The molecule has 2 amide bonds. The number of nitrogens with one attached hydrogen (secondary N) is 1. The minimum atomic E-state index is -0.580. The fourth-order valence-electron chi connectivity index (χ4n) is 2.83. The minimum Gasteiger partial charge on any atom is -0.371 e. The zero-order chi connectivity index (χ0) is 15.0. The number of carbonyl (C=O) groups is 2. The number of hydrogen-bond acceptors (Lipinski definition) is 3. The van der Waals surface area contributed by atoms with Crippen molar-refractivity contribution in [3.05, 3.63) is 40.9 Å². The molecule has 0 aliphatic carbocycles. The van der Waals surface area contributed by atoms with Gasteiger partial charge in [0.25, 0.3) is 5.91 Å². The summed E-state index contributed by atoms with van der Waals surface area (Å²) in [5.74, 6) is -0.338. The lowest BCUT2D eigenvalue weighted by molar-refractivity contribution is -0.122. The molecule has 21 heavy (non-hydrogen) atoms. The monoisotopic (exact) mass is 350 g/mol. The molecule has 0 aromatic heterocycles. The van der Waals surface area contributed by atoms with E-state index in [9.17, 15) is 9.59 Å². The lowest BCUT2D eigenvalue weighted by Crippen LogP contribution is -2.46. The van der Waals surface area contributed by atoms with Crippen LogP contribution in [0.25, 0.3) is 0 Å². The van der Waals surface area contributed by atoms with Crippen LogP contribution < -0.4 is 5.32 Å². The van der Waals surface area contributed by atoms with E-state index in [2.05, 4.69) is 27.8 Å². The van der Waals surface area contributed by atoms with E-state index in [-0.39, 0.29) is 17.9 Å². The van der Waals surface area contributed by atoms with E-state index in [4.69, 9.17) is 4.74 Å². The molecule has 1 saturated heterocycles. The second-order valence-electron chi connectivity index (χ2n) is 5.07. The highest BCUT2D eigenvalue weighted by Crippen LogP contribution is 2.31. The molecule has 2 aliphatic rings. The number of benzene rings is 1. The standard InChI is InChI=1S/C15H15BrN2O3/c1-2-7-21-12-5-6-18-13(12)14(19)17-11-4-3-9(16)8-10(11)15(18)20/h2-4,8,12-13H,1,5-7H2,(H,17,19)/t12-,13-/m0/s1. The topological polar surface area (TPSA) is 58.6 Å². The third-order valence-corrected chi connectivity index (χ3v) is 4.26. The van der Waals surface area contributed by atoms with Gasteiger partial charge in [-0.25, -0.2) is 0 Å². The summed E-state index contributed by atoms with van der Waals surface area (Å²) in [6, 6.07) is 4.69. The maximum atomic E-state index is 12.7. The number of amides is 2. The third kappa shape index (κ3) is 2.49. The molecule has 3 rings (SSSR count). The number of hydrogen-bond donors (Lipinski definition) is 1. The Bertz CT molecular complexity index is 617. The van der Waals surface area contributed by atoms with Gasteiger partial charge in [-0.1, -0.05) is 22.0 Å². The van der Waals surface area contributed by atoms with Crippen molar-refractivity contribution in [2.24, 2.45) is 0 Å². The maximum Gasteiger partial charge on any atom is 0.256 e. The van der Waals surface area contributed by atoms with Gasteiger partial charge in [0.15, 0.2) is 0 Å². The summed E-state index contributed by atoms with van der Waals surface area (Å²) in [5, 5.41) is 2.83. The lowest BCUT2D eigenvalue weighted by atomic mass is 10.1. The van der Waals surface area contributed by atoms with Gasteiger partial charge < -0.3 is 15.0 Å². The van der Waals surface area contributed by atoms with Crippen LogP contribution in [0.1, 0.15) is 16.8 Å². The number of ether oxygens (including phenoxy) is 1. The summed E-state index contributed by atoms with van der Waals surface area (Å²) in [6.45, 7) is 4.50. The molecule has 6 heteroatoms. The molecule has 1 fully saturated rings. The first-order valence-electron chi connectivity index (χ1n) is 6.75. The van der Waals surface area contributed by atoms with Gasteiger partial charge >= 0.3 is 0 Å². The largest absolute Gasteiger partial charge is 0.371 e. The fourth-order valence-corrected chi connectivity index (χ4v) is 3.19. The van der Waals surface area contributed by atoms with Gasteiger partial charge in [0.2, 0.25) is 5.91 Å². The van der Waals surface area contributed by atoms with E-state index < -0.39 is 6.04 Å². The van der Waals surface area contributed by atoms with Crippen molar-refractivity contribution in [2.75, 3.05) is 18.5 Å². The van der Waals surface area contributed by atoms with Crippen molar-refractivity contribution in [3.63, 3.8) is 0 Å². The Balaban J connectivity index is 1.95. The normalized spacial score (nSPS) is 24.1. The van der Waals surface area contributed by atoms with Gasteiger partial charge in [-0.3, -0.25) is 9.59 Å². The number of carbonyl (C=O) groups excluding carboxylic acids is 2. The van der Waals surface area contributed by atoms with E-state index in [1.54, 1.807) is 29.2 Å². The summed E-state index contributed by atoms with van der Waals surface area (Å²) in [7, 11) is 0. The van der Waals surface area contributed by atoms with Gasteiger partial charge in [-0.05, 0) is 24.6 Å². The number of halogens is 1. The average molecular weight is 351 g/mol. The molecular formula is C15H15BrN2O3. The van der Waals surface area contributed by atoms with Gasteiger partial charge in [0.05, 0.1) is 24.0 Å². The highest BCUT2D eigenvalue weighted by Gasteiger charge is 2.45. The molecule has 1 aromatic carbocycles. The van der Waals surface area contributed by atoms with Gasteiger partial charge in [0, 0.05) is 11.0 Å². The Hall–Kier alpha value is -1.66. The maximum absolute atomic E-state index is 12.7. The van der Waals surface area contributed by atoms with Crippen molar-refractivity contribution in [2.45, 2.75) is 18.6 Å². The van der Waals surface area contributed by atoms with Crippen LogP contribution in [0.15, 0.2) is 35.3 Å². The molecule has 0 radical (unpaired) electrons. The zero-order valence-electron chi connectivity index (χ0n) is 11.3. The molecule has 110 valence electrons. The first-order chi connectivity index (χ1) is 10.1. The van der Waals surface area contributed by atoms with E-state index >= 15 is 0 Å². The molecule has 2 aliphatic heterocycles. The number of rotatable bonds is 3. The van der Waals surface area contributed by atoms with Gasteiger partial charge in [-0.2, -0.15) is 0 Å². The molecule has 0 unspecified atom stereocenters. The van der Waals surface area contributed by atoms with Crippen LogP contribution >= 0.6 is 15.9 Å². The Kier molecular flexibility index (Phi) is 3.82. The summed E-state index contributed by atoms with van der Waals surface area (Å²) < 4.78 is 6.44. The van der Waals surface area contributed by atoms with Crippen molar-refractivity contribution in [3.8, 4) is 0 Å². The summed E-state index contributed by atoms with van der Waals surface area (Å²) in [4.78, 5) is 26.7. The quantitative estimate of drug-likeness (QED) is 0.850. The molecule has 1 N–H and O–H groups in total. The third-order valence-electron chi connectivity index (χ3n) is 3.77.